The van der Waals surface area contributed by atoms with E-state index in [0.29, 0.717) is 5.75 Å². The maximum atomic E-state index is 15.7. The molecular formula is C31H30FN5O5. The van der Waals surface area contributed by atoms with Gasteiger partial charge < -0.3 is 25.0 Å². The van der Waals surface area contributed by atoms with Crippen molar-refractivity contribution in [1.29, 1.82) is 0 Å². The third-order valence-corrected chi connectivity index (χ3v) is 7.82. The van der Waals surface area contributed by atoms with Crippen molar-refractivity contribution < 1.29 is 24.1 Å². The fourth-order valence-electron chi connectivity index (χ4n) is 5.63. The minimum absolute atomic E-state index is 0.0312. The van der Waals surface area contributed by atoms with E-state index in [-0.39, 0.29) is 17.1 Å². The number of halogens is 1. The van der Waals surface area contributed by atoms with Crippen LogP contribution in [-0.2, 0) is 10.3 Å². The number of imidazole rings is 1. The van der Waals surface area contributed by atoms with Gasteiger partial charge in [0.25, 0.3) is 5.56 Å². The molecule has 1 aliphatic rings. The van der Waals surface area contributed by atoms with Crippen LogP contribution < -0.4 is 15.6 Å². The van der Waals surface area contributed by atoms with Crippen molar-refractivity contribution in [1.82, 2.24) is 19.5 Å². The molecule has 42 heavy (non-hydrogen) atoms. The number of methoxy groups -OCH3 is 1. The third kappa shape index (κ3) is 4.42. The highest BCUT2D eigenvalue weighted by Gasteiger charge is 2.55. The summed E-state index contributed by atoms with van der Waals surface area (Å²) >= 11 is 0. The minimum Gasteiger partial charge on any atom is -0.497 e. The Morgan fingerprint density at radius 2 is 1.64 bits per heavy atom. The van der Waals surface area contributed by atoms with E-state index in [1.165, 1.54) is 17.8 Å². The Kier molecular flexibility index (Phi) is 7.01. The number of aliphatic hydroxyl groups is 2. The molecule has 0 radical (unpaired) electrons. The lowest BCUT2D eigenvalue weighted by Crippen LogP contribution is -2.40. The van der Waals surface area contributed by atoms with Crippen LogP contribution in [0.2, 0.25) is 0 Å². The number of ether oxygens (including phenoxy) is 2. The Hall–Kier alpha value is -4.58. The fraction of sp³-hybridized carbons (Fsp3) is 0.258. The van der Waals surface area contributed by atoms with Gasteiger partial charge in [-0.1, -0.05) is 72.8 Å². The number of fused-ring (bicyclic) bond motifs is 1. The molecule has 216 valence electrons. The molecule has 4 atom stereocenters. The molecule has 1 fully saturated rings. The topological polar surface area (TPSA) is 135 Å². The predicted octanol–water partition coefficient (Wildman–Crippen LogP) is 3.51. The van der Waals surface area contributed by atoms with Crippen molar-refractivity contribution in [2.24, 2.45) is 0 Å². The van der Waals surface area contributed by atoms with Crippen LogP contribution in [-0.4, -0.2) is 61.3 Å². The van der Waals surface area contributed by atoms with Gasteiger partial charge in [-0.25, -0.2) is 9.37 Å². The number of aliphatic hydroxyl groups excluding tert-OH is 2. The summed E-state index contributed by atoms with van der Waals surface area (Å²) in [5, 5.41) is 23.5. The van der Waals surface area contributed by atoms with E-state index < -0.39 is 41.8 Å². The van der Waals surface area contributed by atoms with Gasteiger partial charge in [-0.15, -0.1) is 0 Å². The van der Waals surface area contributed by atoms with E-state index >= 15 is 4.39 Å². The predicted molar refractivity (Wildman–Crippen MR) is 154 cm³/mol. The molecule has 1 saturated heterocycles. The van der Waals surface area contributed by atoms with Crippen LogP contribution in [0.3, 0.4) is 0 Å². The van der Waals surface area contributed by atoms with E-state index in [2.05, 4.69) is 15.3 Å². The van der Waals surface area contributed by atoms with Crippen LogP contribution in [0.15, 0.2) is 96.1 Å². The highest BCUT2D eigenvalue weighted by molar-refractivity contribution is 5.71. The number of anilines is 1. The first kappa shape index (κ1) is 27.6. The number of H-pyrrole nitrogens is 1. The lowest BCUT2D eigenvalue weighted by Gasteiger charge is -2.37. The van der Waals surface area contributed by atoms with Crippen LogP contribution in [0.5, 0.6) is 5.75 Å². The second-order valence-corrected chi connectivity index (χ2v) is 10.4. The van der Waals surface area contributed by atoms with Gasteiger partial charge in [0.05, 0.1) is 20.0 Å². The van der Waals surface area contributed by atoms with E-state index in [1.54, 1.807) is 7.11 Å². The Balaban J connectivity index is 1.55. The monoisotopic (exact) mass is 571 g/mol. The zero-order valence-corrected chi connectivity index (χ0v) is 22.9. The Morgan fingerprint density at radius 3 is 2.19 bits per heavy atom. The molecule has 0 saturated carbocycles. The summed E-state index contributed by atoms with van der Waals surface area (Å²) in [4.78, 5) is 24.9. The molecule has 4 N–H and O–H groups in total. The molecule has 3 heterocycles. The molecule has 3 aromatic carbocycles. The molecule has 2 aromatic heterocycles. The average Bonchev–Trinajstić information content (AvgIpc) is 3.54. The van der Waals surface area contributed by atoms with Gasteiger partial charge in [-0.2, -0.15) is 4.98 Å². The number of benzene rings is 3. The maximum Gasteiger partial charge on any atom is 0.280 e. The minimum atomic E-state index is -2.29. The number of nitrogens with one attached hydrogen (secondary N) is 2. The average molecular weight is 572 g/mol. The first-order chi connectivity index (χ1) is 20.3. The molecule has 0 aliphatic carbocycles. The smallest absolute Gasteiger partial charge is 0.280 e. The molecule has 0 spiro atoms. The summed E-state index contributed by atoms with van der Waals surface area (Å²) in [6.07, 6.45) is -2.88. The van der Waals surface area contributed by atoms with Crippen LogP contribution in [0.25, 0.3) is 11.2 Å². The van der Waals surface area contributed by atoms with E-state index in [1.807, 2.05) is 84.9 Å². The first-order valence-electron chi connectivity index (χ1n) is 13.4. The summed E-state index contributed by atoms with van der Waals surface area (Å²) in [5.74, 6) is 0.774. The van der Waals surface area contributed by atoms with E-state index in [0.717, 1.165) is 16.7 Å². The van der Waals surface area contributed by atoms with Gasteiger partial charge >= 0.3 is 0 Å². The summed E-state index contributed by atoms with van der Waals surface area (Å²) in [7, 11) is 1.60. The van der Waals surface area contributed by atoms with Crippen LogP contribution in [0.1, 0.15) is 29.8 Å². The van der Waals surface area contributed by atoms with Gasteiger partial charge in [0.2, 0.25) is 5.95 Å². The van der Waals surface area contributed by atoms with Crippen molar-refractivity contribution in [3.05, 3.63) is 118 Å². The van der Waals surface area contributed by atoms with Gasteiger partial charge in [-0.05, 0) is 35.7 Å². The van der Waals surface area contributed by atoms with Gasteiger partial charge in [0.1, 0.15) is 23.5 Å². The highest BCUT2D eigenvalue weighted by Crippen LogP contribution is 2.43. The summed E-state index contributed by atoms with van der Waals surface area (Å²) in [6, 6.07) is 27.0. The number of aromatic amines is 1. The van der Waals surface area contributed by atoms with Gasteiger partial charge in [-0.3, -0.25) is 14.3 Å². The Bertz CT molecular complexity index is 1700. The zero-order valence-electron chi connectivity index (χ0n) is 22.9. The molecule has 1 aliphatic heterocycles. The van der Waals surface area contributed by atoms with E-state index in [4.69, 9.17) is 14.5 Å². The SMILES string of the molecule is COc1ccc(C(Nc2nc3c(ncn3[C@@H]3O[C@H](CO)[C@@H](O)[C@@]3(C)F)c(=O)[nH]2)(c2ccccc2)c2ccccc2)cc1. The lowest BCUT2D eigenvalue weighted by molar-refractivity contribution is -0.0566. The van der Waals surface area contributed by atoms with Crippen molar-refractivity contribution in [2.45, 2.75) is 36.6 Å². The van der Waals surface area contributed by atoms with Gasteiger partial charge in [0.15, 0.2) is 23.1 Å². The molecule has 0 bridgehead atoms. The number of rotatable bonds is 8. The Morgan fingerprint density at radius 1 is 1.05 bits per heavy atom. The summed E-state index contributed by atoms with van der Waals surface area (Å²) < 4.78 is 28.1. The molecule has 10 nitrogen and oxygen atoms in total. The number of hydrogen-bond donors (Lipinski definition) is 4. The molecule has 11 heteroatoms. The standard InChI is InChI=1S/C31H30FN5O5/c1-30(32)25(39)23(17-38)42-28(30)37-18-33-24-26(37)34-29(35-27(24)40)36-31(19-9-5-3-6-10-19,20-11-7-4-8-12-20)21-13-15-22(41-2)16-14-21/h3-16,18,23,25,28,38-39H,17H2,1-2H3,(H2,34,35,36,40)/t23-,25-,28-,30-/m1/s1. The van der Waals surface area contributed by atoms with Crippen LogP contribution in [0.4, 0.5) is 10.3 Å². The lowest BCUT2D eigenvalue weighted by atomic mass is 9.77. The highest BCUT2D eigenvalue weighted by atomic mass is 19.1. The van der Waals surface area contributed by atoms with Crippen molar-refractivity contribution in [2.75, 3.05) is 19.0 Å². The second kappa shape index (κ2) is 10.7. The van der Waals surface area contributed by atoms with E-state index in [9.17, 15) is 15.0 Å². The maximum absolute atomic E-state index is 15.7. The van der Waals surface area contributed by atoms with Crippen LogP contribution >= 0.6 is 0 Å². The normalized spacial score (nSPS) is 22.4. The number of nitrogens with zero attached hydrogens (tertiary/aromatic N) is 3. The second-order valence-electron chi connectivity index (χ2n) is 10.4. The largest absolute Gasteiger partial charge is 0.497 e. The number of hydrogen-bond acceptors (Lipinski definition) is 8. The molecule has 0 unspecified atom stereocenters. The van der Waals surface area contributed by atoms with Crippen LogP contribution in [0, 0.1) is 0 Å². The zero-order chi connectivity index (χ0) is 29.5. The molecule has 5 aromatic rings. The van der Waals surface area contributed by atoms with Gasteiger partial charge in [0, 0.05) is 0 Å². The summed E-state index contributed by atoms with van der Waals surface area (Å²) in [6.45, 7) is 0.596. The third-order valence-electron chi connectivity index (χ3n) is 7.82. The quantitative estimate of drug-likeness (QED) is 0.208. The molecule has 6 rings (SSSR count). The number of aromatic nitrogens is 4. The van der Waals surface area contributed by atoms with Crippen molar-refractivity contribution in [3.63, 3.8) is 0 Å². The van der Waals surface area contributed by atoms with Crippen molar-refractivity contribution >= 4 is 17.1 Å². The first-order valence-corrected chi connectivity index (χ1v) is 13.4. The fourth-order valence-corrected chi connectivity index (χ4v) is 5.63. The Labute approximate surface area is 240 Å². The number of alkyl halides is 1. The van der Waals surface area contributed by atoms with Crippen molar-refractivity contribution in [3.8, 4) is 5.75 Å². The molecule has 0 amide bonds. The summed E-state index contributed by atoms with van der Waals surface area (Å²) in [5.41, 5.74) is -1.31. The molecular weight excluding hydrogens is 541 g/mol.